The summed E-state index contributed by atoms with van der Waals surface area (Å²) >= 11 is 0. The number of imide groups is 1. The first-order valence-electron chi connectivity index (χ1n) is 8.59. The van der Waals surface area contributed by atoms with Crippen LogP contribution in [0.3, 0.4) is 0 Å². The van der Waals surface area contributed by atoms with E-state index >= 15 is 0 Å². The molecule has 3 heteroatoms. The molecular formula is C17H27NO2. The highest BCUT2D eigenvalue weighted by Gasteiger charge is 2.44. The second-order valence-electron chi connectivity index (χ2n) is 7.10. The number of hydrogen-bond acceptors (Lipinski definition) is 2. The van der Waals surface area contributed by atoms with Gasteiger partial charge in [0, 0.05) is 12.3 Å². The monoisotopic (exact) mass is 277 g/mol. The van der Waals surface area contributed by atoms with Gasteiger partial charge in [-0.25, -0.2) is 0 Å². The molecule has 2 amide bonds. The molecule has 0 aromatic rings. The number of carbonyl (C=O) groups is 2. The van der Waals surface area contributed by atoms with Gasteiger partial charge in [0.05, 0.1) is 0 Å². The molecule has 0 aromatic carbocycles. The van der Waals surface area contributed by atoms with Gasteiger partial charge in [-0.15, -0.1) is 0 Å². The van der Waals surface area contributed by atoms with Crippen LogP contribution < -0.4 is 5.32 Å². The van der Waals surface area contributed by atoms with Crippen LogP contribution in [-0.2, 0) is 9.59 Å². The molecule has 1 saturated heterocycles. The molecule has 0 spiro atoms. The number of carbonyl (C=O) groups excluding carboxylic acids is 2. The maximum atomic E-state index is 12.4. The average molecular weight is 277 g/mol. The van der Waals surface area contributed by atoms with Crippen LogP contribution >= 0.6 is 0 Å². The summed E-state index contributed by atoms with van der Waals surface area (Å²) in [6.45, 7) is 0. The van der Waals surface area contributed by atoms with E-state index in [9.17, 15) is 9.59 Å². The molecule has 1 N–H and O–H groups in total. The van der Waals surface area contributed by atoms with Gasteiger partial charge in [0.2, 0.25) is 11.8 Å². The van der Waals surface area contributed by atoms with E-state index in [-0.39, 0.29) is 17.7 Å². The predicted molar refractivity (Wildman–Crippen MR) is 77.9 cm³/mol. The molecule has 0 aromatic heterocycles. The molecule has 2 saturated carbocycles. The summed E-state index contributed by atoms with van der Waals surface area (Å²) in [6.07, 6.45) is 13.2. The second kappa shape index (κ2) is 6.28. The molecule has 3 fully saturated rings. The highest BCUT2D eigenvalue weighted by Crippen LogP contribution is 2.44. The van der Waals surface area contributed by atoms with Crippen LogP contribution in [0.1, 0.15) is 70.6 Å². The van der Waals surface area contributed by atoms with E-state index < -0.39 is 0 Å². The predicted octanol–water partition coefficient (Wildman–Crippen LogP) is 3.43. The van der Waals surface area contributed by atoms with E-state index in [1.807, 2.05) is 0 Å². The lowest BCUT2D eigenvalue weighted by atomic mass is 9.68. The molecule has 2 unspecified atom stereocenters. The highest BCUT2D eigenvalue weighted by atomic mass is 16.2. The Labute approximate surface area is 121 Å². The number of amides is 2. The third kappa shape index (κ3) is 2.91. The summed E-state index contributed by atoms with van der Waals surface area (Å²) < 4.78 is 0. The molecule has 0 bridgehead atoms. The van der Waals surface area contributed by atoms with Gasteiger partial charge in [-0.3, -0.25) is 14.9 Å². The Balaban J connectivity index is 1.78. The molecular weight excluding hydrogens is 250 g/mol. The lowest BCUT2D eigenvalue weighted by Crippen LogP contribution is -2.50. The average Bonchev–Trinajstić information content (AvgIpc) is 2.79. The van der Waals surface area contributed by atoms with Crippen LogP contribution in [0.25, 0.3) is 0 Å². The van der Waals surface area contributed by atoms with E-state index in [0.29, 0.717) is 24.2 Å². The fraction of sp³-hybridized carbons (Fsp3) is 0.882. The Morgan fingerprint density at radius 3 is 1.95 bits per heavy atom. The molecule has 112 valence electrons. The number of piperidine rings is 1. The SMILES string of the molecule is O=C1CC(C2CCCCCC2)C(C2CCCC2)C(=O)N1. The quantitative estimate of drug-likeness (QED) is 0.621. The zero-order chi connectivity index (χ0) is 13.9. The van der Waals surface area contributed by atoms with E-state index in [1.165, 1.54) is 64.2 Å². The van der Waals surface area contributed by atoms with E-state index in [0.717, 1.165) is 0 Å². The van der Waals surface area contributed by atoms with Crippen molar-refractivity contribution in [3.05, 3.63) is 0 Å². The van der Waals surface area contributed by atoms with Crippen molar-refractivity contribution < 1.29 is 9.59 Å². The molecule has 0 radical (unpaired) electrons. The summed E-state index contributed by atoms with van der Waals surface area (Å²) in [5.74, 6) is 1.62. The largest absolute Gasteiger partial charge is 0.296 e. The molecule has 1 aliphatic heterocycles. The van der Waals surface area contributed by atoms with Crippen molar-refractivity contribution in [2.75, 3.05) is 0 Å². The van der Waals surface area contributed by atoms with Gasteiger partial charge in [-0.2, -0.15) is 0 Å². The van der Waals surface area contributed by atoms with Crippen LogP contribution in [0.2, 0.25) is 0 Å². The minimum atomic E-state index is -0.0292. The second-order valence-corrected chi connectivity index (χ2v) is 7.10. The molecule has 2 atom stereocenters. The van der Waals surface area contributed by atoms with Crippen molar-refractivity contribution in [2.45, 2.75) is 70.6 Å². The van der Waals surface area contributed by atoms with E-state index in [1.54, 1.807) is 0 Å². The Bertz CT molecular complexity index is 365. The first kappa shape index (κ1) is 14.1. The van der Waals surface area contributed by atoms with Crippen molar-refractivity contribution >= 4 is 11.8 Å². The van der Waals surface area contributed by atoms with Crippen molar-refractivity contribution in [3.63, 3.8) is 0 Å². The maximum absolute atomic E-state index is 12.4. The van der Waals surface area contributed by atoms with Crippen LogP contribution in [-0.4, -0.2) is 11.8 Å². The zero-order valence-electron chi connectivity index (χ0n) is 12.4. The van der Waals surface area contributed by atoms with Crippen LogP contribution in [0.5, 0.6) is 0 Å². The summed E-state index contributed by atoms with van der Waals surface area (Å²) in [7, 11) is 0. The first-order chi connectivity index (χ1) is 9.75. The molecule has 3 rings (SSSR count). The van der Waals surface area contributed by atoms with Crippen LogP contribution in [0, 0.1) is 23.7 Å². The number of rotatable bonds is 2. The van der Waals surface area contributed by atoms with Gasteiger partial charge in [-0.05, 0) is 30.6 Å². The lowest BCUT2D eigenvalue weighted by Gasteiger charge is -2.38. The summed E-state index contributed by atoms with van der Waals surface area (Å²) in [4.78, 5) is 24.2. The third-order valence-corrected chi connectivity index (χ3v) is 5.86. The van der Waals surface area contributed by atoms with Crippen LogP contribution in [0.15, 0.2) is 0 Å². The van der Waals surface area contributed by atoms with Gasteiger partial charge in [0.25, 0.3) is 0 Å². The van der Waals surface area contributed by atoms with Gasteiger partial charge in [0.15, 0.2) is 0 Å². The van der Waals surface area contributed by atoms with Crippen molar-refractivity contribution in [1.82, 2.24) is 5.32 Å². The molecule has 20 heavy (non-hydrogen) atoms. The fourth-order valence-corrected chi connectivity index (χ4v) is 4.89. The minimum Gasteiger partial charge on any atom is -0.296 e. The summed E-state index contributed by atoms with van der Waals surface area (Å²) in [6, 6.07) is 0. The molecule has 2 aliphatic carbocycles. The highest BCUT2D eigenvalue weighted by molar-refractivity contribution is 5.99. The lowest BCUT2D eigenvalue weighted by molar-refractivity contribution is -0.142. The van der Waals surface area contributed by atoms with Gasteiger partial charge < -0.3 is 0 Å². The summed E-state index contributed by atoms with van der Waals surface area (Å²) in [5.41, 5.74) is 0. The first-order valence-corrected chi connectivity index (χ1v) is 8.59. The Kier molecular flexibility index (Phi) is 4.42. The molecule has 3 aliphatic rings. The van der Waals surface area contributed by atoms with Gasteiger partial charge >= 0.3 is 0 Å². The number of hydrogen-bond donors (Lipinski definition) is 1. The Morgan fingerprint density at radius 2 is 1.30 bits per heavy atom. The summed E-state index contributed by atoms with van der Waals surface area (Å²) in [5, 5.41) is 2.61. The van der Waals surface area contributed by atoms with Crippen molar-refractivity contribution in [1.29, 1.82) is 0 Å². The Hall–Kier alpha value is -0.860. The standard InChI is InChI=1S/C17H27NO2/c19-15-11-14(12-7-3-1-2-4-8-12)16(17(20)18-15)13-9-5-6-10-13/h12-14,16H,1-11H2,(H,18,19,20). The number of nitrogens with one attached hydrogen (secondary N) is 1. The maximum Gasteiger partial charge on any atom is 0.230 e. The van der Waals surface area contributed by atoms with E-state index in [4.69, 9.17) is 0 Å². The van der Waals surface area contributed by atoms with Crippen molar-refractivity contribution in [2.24, 2.45) is 23.7 Å². The van der Waals surface area contributed by atoms with Crippen molar-refractivity contribution in [3.8, 4) is 0 Å². The molecule has 1 heterocycles. The topological polar surface area (TPSA) is 46.2 Å². The minimum absolute atomic E-state index is 0.0292. The zero-order valence-corrected chi connectivity index (χ0v) is 12.4. The smallest absolute Gasteiger partial charge is 0.230 e. The fourth-order valence-electron chi connectivity index (χ4n) is 4.89. The Morgan fingerprint density at radius 1 is 0.750 bits per heavy atom. The third-order valence-electron chi connectivity index (χ3n) is 5.86. The normalized spacial score (nSPS) is 34.0. The van der Waals surface area contributed by atoms with E-state index in [2.05, 4.69) is 5.32 Å². The van der Waals surface area contributed by atoms with Crippen LogP contribution in [0.4, 0.5) is 0 Å². The van der Waals surface area contributed by atoms with Gasteiger partial charge in [-0.1, -0.05) is 51.4 Å². The van der Waals surface area contributed by atoms with Gasteiger partial charge in [0.1, 0.15) is 0 Å². The molecule has 3 nitrogen and oxygen atoms in total.